The molecule has 0 bridgehead atoms. The highest BCUT2D eigenvalue weighted by Gasteiger charge is 2.45. The fourth-order valence-electron chi connectivity index (χ4n) is 4.76. The molecule has 2 aromatic carbocycles. The van der Waals surface area contributed by atoms with E-state index in [1.54, 1.807) is 23.9 Å². The third kappa shape index (κ3) is 2.43. The van der Waals surface area contributed by atoms with Gasteiger partial charge in [0, 0.05) is 59.4 Å². The van der Waals surface area contributed by atoms with E-state index < -0.39 is 12.1 Å². The first-order valence-corrected chi connectivity index (χ1v) is 10.1. The van der Waals surface area contributed by atoms with Crippen LogP contribution in [0.5, 0.6) is 0 Å². The first-order valence-electron chi connectivity index (χ1n) is 10.1. The first-order chi connectivity index (χ1) is 14.4. The Balaban J connectivity index is 1.60. The molecule has 1 aliphatic heterocycles. The Hall–Kier alpha value is -3.54. The lowest BCUT2D eigenvalue weighted by Gasteiger charge is -2.41. The van der Waals surface area contributed by atoms with Gasteiger partial charge in [0.1, 0.15) is 12.1 Å². The van der Waals surface area contributed by atoms with Crippen LogP contribution in [-0.2, 0) is 9.59 Å². The number of hydrogen-bond donors (Lipinski definition) is 2. The number of carbonyl (C=O) groups is 2. The van der Waals surface area contributed by atoms with E-state index in [2.05, 4.69) is 9.97 Å². The predicted octanol–water partition coefficient (Wildman–Crippen LogP) is 3.98. The summed E-state index contributed by atoms with van der Waals surface area (Å²) in [5.41, 5.74) is 5.87. The topological polar surface area (TPSA) is 72.2 Å². The highest BCUT2D eigenvalue weighted by atomic mass is 16.2. The van der Waals surface area contributed by atoms with Gasteiger partial charge in [-0.3, -0.25) is 9.59 Å². The van der Waals surface area contributed by atoms with Crippen molar-refractivity contribution >= 4 is 33.6 Å². The molecule has 2 unspecified atom stereocenters. The Morgan fingerprint density at radius 2 is 1.10 bits per heavy atom. The van der Waals surface area contributed by atoms with Crippen LogP contribution >= 0.6 is 0 Å². The summed E-state index contributed by atoms with van der Waals surface area (Å²) in [6, 6.07) is 10.7. The van der Waals surface area contributed by atoms with Crippen LogP contribution in [0.1, 0.15) is 34.3 Å². The molecule has 30 heavy (non-hydrogen) atoms. The molecule has 3 heterocycles. The average Bonchev–Trinajstić information content (AvgIpc) is 3.34. The summed E-state index contributed by atoms with van der Waals surface area (Å²) in [5.74, 6) is -0.182. The molecule has 1 saturated heterocycles. The second-order valence-electron chi connectivity index (χ2n) is 8.19. The minimum atomic E-state index is -0.652. The molecule has 5 rings (SSSR count). The molecule has 6 nitrogen and oxygen atoms in total. The Labute approximate surface area is 174 Å². The zero-order valence-electron chi connectivity index (χ0n) is 17.5. The van der Waals surface area contributed by atoms with E-state index in [1.807, 2.05) is 62.6 Å². The van der Waals surface area contributed by atoms with Crippen molar-refractivity contribution in [3.05, 3.63) is 71.0 Å². The molecular weight excluding hydrogens is 376 g/mol. The largest absolute Gasteiger partial charge is 0.361 e. The quantitative estimate of drug-likeness (QED) is 0.534. The van der Waals surface area contributed by atoms with E-state index in [0.29, 0.717) is 0 Å². The van der Waals surface area contributed by atoms with E-state index in [0.717, 1.165) is 44.1 Å². The molecule has 6 heteroatoms. The van der Waals surface area contributed by atoms with E-state index in [1.165, 1.54) is 0 Å². The summed E-state index contributed by atoms with van der Waals surface area (Å²) < 4.78 is 0. The number of likely N-dealkylation sites (N-methyl/N-ethyl adjacent to an activating group) is 2. The Morgan fingerprint density at radius 3 is 1.50 bits per heavy atom. The molecule has 0 aliphatic carbocycles. The molecule has 4 aromatic rings. The summed E-state index contributed by atoms with van der Waals surface area (Å²) >= 11 is 0. The molecule has 0 radical (unpaired) electrons. The average molecular weight is 400 g/mol. The van der Waals surface area contributed by atoms with Gasteiger partial charge in [0.25, 0.3) is 11.8 Å². The number of para-hydroxylation sites is 2. The molecule has 1 aliphatic rings. The normalized spacial score (nSPS) is 20.0. The van der Waals surface area contributed by atoms with Gasteiger partial charge in [-0.1, -0.05) is 36.4 Å². The van der Waals surface area contributed by atoms with Crippen LogP contribution in [0, 0.1) is 13.8 Å². The van der Waals surface area contributed by atoms with Gasteiger partial charge in [0.05, 0.1) is 0 Å². The molecule has 1 fully saturated rings. The van der Waals surface area contributed by atoms with Crippen LogP contribution in [0.15, 0.2) is 48.8 Å². The number of aromatic nitrogens is 2. The Bertz CT molecular complexity index is 1210. The minimum absolute atomic E-state index is 0.0912. The Morgan fingerprint density at radius 1 is 0.700 bits per heavy atom. The molecule has 0 saturated carbocycles. The van der Waals surface area contributed by atoms with Gasteiger partial charge in [-0.2, -0.15) is 0 Å². The number of piperazine rings is 1. The predicted molar refractivity (Wildman–Crippen MR) is 117 cm³/mol. The van der Waals surface area contributed by atoms with Crippen LogP contribution in [0.3, 0.4) is 0 Å². The van der Waals surface area contributed by atoms with E-state index in [4.69, 9.17) is 0 Å². The molecule has 0 spiro atoms. The van der Waals surface area contributed by atoms with E-state index >= 15 is 0 Å². The van der Waals surface area contributed by atoms with Gasteiger partial charge in [-0.15, -0.1) is 0 Å². The number of benzene rings is 2. The van der Waals surface area contributed by atoms with Crippen LogP contribution in [0.4, 0.5) is 0 Å². The smallest absolute Gasteiger partial charge is 0.250 e. The van der Waals surface area contributed by atoms with Crippen molar-refractivity contribution in [2.75, 3.05) is 14.1 Å². The van der Waals surface area contributed by atoms with E-state index in [-0.39, 0.29) is 11.8 Å². The molecule has 152 valence electrons. The lowest BCUT2D eigenvalue weighted by atomic mass is 9.94. The van der Waals surface area contributed by atoms with Gasteiger partial charge < -0.3 is 19.8 Å². The molecule has 2 aromatic heterocycles. The fraction of sp³-hybridized carbons (Fsp3) is 0.250. The van der Waals surface area contributed by atoms with Gasteiger partial charge in [-0.05, 0) is 25.0 Å². The zero-order valence-corrected chi connectivity index (χ0v) is 17.5. The molecular formula is C24H24N4O2. The molecule has 2 amide bonds. The van der Waals surface area contributed by atoms with Gasteiger partial charge in [0.2, 0.25) is 0 Å². The van der Waals surface area contributed by atoms with Gasteiger partial charge >= 0.3 is 0 Å². The third-order valence-electron chi connectivity index (χ3n) is 6.44. The standard InChI is InChI=1S/C24H24N4O2/c1-13-7-5-9-15-17(11-25-19(13)15)21-23(29)28(4)22(24(30)27(21)3)18-12-26-20-14(2)8-6-10-16(18)20/h5-12,21-22,25-26H,1-4H3. The van der Waals surface area contributed by atoms with Crippen molar-refractivity contribution in [1.82, 2.24) is 19.8 Å². The zero-order chi connectivity index (χ0) is 21.2. The van der Waals surface area contributed by atoms with Crippen LogP contribution in [-0.4, -0.2) is 45.7 Å². The van der Waals surface area contributed by atoms with Gasteiger partial charge in [-0.25, -0.2) is 0 Å². The van der Waals surface area contributed by atoms with Crippen LogP contribution < -0.4 is 0 Å². The second kappa shape index (κ2) is 6.49. The number of aryl methyl sites for hydroxylation is 2. The Kier molecular flexibility index (Phi) is 4.00. The summed E-state index contributed by atoms with van der Waals surface area (Å²) in [6.45, 7) is 4.06. The van der Waals surface area contributed by atoms with E-state index in [9.17, 15) is 9.59 Å². The molecule has 2 N–H and O–H groups in total. The fourth-order valence-corrected chi connectivity index (χ4v) is 4.76. The van der Waals surface area contributed by atoms with Crippen molar-refractivity contribution < 1.29 is 9.59 Å². The number of nitrogens with one attached hydrogen (secondary N) is 2. The number of carbonyl (C=O) groups excluding carboxylic acids is 2. The maximum atomic E-state index is 13.5. The summed E-state index contributed by atoms with van der Waals surface area (Å²) in [7, 11) is 3.44. The van der Waals surface area contributed by atoms with Crippen molar-refractivity contribution in [2.45, 2.75) is 25.9 Å². The monoisotopic (exact) mass is 400 g/mol. The highest BCUT2D eigenvalue weighted by molar-refractivity contribution is 6.02. The summed E-state index contributed by atoms with van der Waals surface area (Å²) in [5, 5.41) is 1.95. The number of amides is 2. The number of hydrogen-bond acceptors (Lipinski definition) is 2. The number of rotatable bonds is 2. The van der Waals surface area contributed by atoms with Crippen LogP contribution in [0.25, 0.3) is 21.8 Å². The summed E-state index contributed by atoms with van der Waals surface area (Å²) in [6.07, 6.45) is 3.71. The highest BCUT2D eigenvalue weighted by Crippen LogP contribution is 2.39. The maximum absolute atomic E-state index is 13.5. The second-order valence-corrected chi connectivity index (χ2v) is 8.19. The van der Waals surface area contributed by atoms with Crippen molar-refractivity contribution in [1.29, 1.82) is 0 Å². The van der Waals surface area contributed by atoms with Crippen LogP contribution in [0.2, 0.25) is 0 Å². The minimum Gasteiger partial charge on any atom is -0.361 e. The molecule has 2 atom stereocenters. The maximum Gasteiger partial charge on any atom is 0.250 e. The number of fused-ring (bicyclic) bond motifs is 2. The lowest BCUT2D eigenvalue weighted by Crippen LogP contribution is -2.54. The SMILES string of the molecule is Cc1cccc2c(C3C(=O)N(C)C(c4c[nH]c5c(C)cccc45)C(=O)N3C)c[nH]c12. The summed E-state index contributed by atoms with van der Waals surface area (Å²) in [4.78, 5) is 36.8. The van der Waals surface area contributed by atoms with Crippen molar-refractivity contribution in [3.63, 3.8) is 0 Å². The first kappa shape index (κ1) is 18.5. The van der Waals surface area contributed by atoms with Crippen molar-refractivity contribution in [3.8, 4) is 0 Å². The van der Waals surface area contributed by atoms with Gasteiger partial charge in [0.15, 0.2) is 0 Å². The lowest BCUT2D eigenvalue weighted by molar-refractivity contribution is -0.159. The number of nitrogens with zero attached hydrogens (tertiary/aromatic N) is 2. The number of H-pyrrole nitrogens is 2. The van der Waals surface area contributed by atoms with Crippen molar-refractivity contribution in [2.24, 2.45) is 0 Å². The third-order valence-corrected chi connectivity index (χ3v) is 6.44. The number of aromatic amines is 2.